The van der Waals surface area contributed by atoms with E-state index in [1.54, 1.807) is 7.11 Å². The van der Waals surface area contributed by atoms with Gasteiger partial charge in [-0.1, -0.05) is 47.5 Å². The second kappa shape index (κ2) is 11.7. The van der Waals surface area contributed by atoms with Crippen molar-refractivity contribution in [3.05, 3.63) is 69.7 Å². The molecule has 2 heterocycles. The molecule has 2 aromatic rings. The van der Waals surface area contributed by atoms with Gasteiger partial charge in [0.05, 0.1) is 18.7 Å². The van der Waals surface area contributed by atoms with E-state index in [0.717, 1.165) is 49.1 Å². The second-order valence-electron chi connectivity index (χ2n) is 9.09. The first kappa shape index (κ1) is 24.5. The van der Waals surface area contributed by atoms with E-state index in [1.165, 1.54) is 11.1 Å². The number of halogens is 2. The Morgan fingerprint density at radius 3 is 2.12 bits per heavy atom. The number of piperidine rings is 1. The molecule has 0 bridgehead atoms. The van der Waals surface area contributed by atoms with Crippen LogP contribution in [0.15, 0.2) is 48.5 Å². The largest absolute Gasteiger partial charge is 0.382 e. The first-order chi connectivity index (χ1) is 16.0. The van der Waals surface area contributed by atoms with Gasteiger partial charge in [0, 0.05) is 43.2 Å². The molecule has 0 aromatic heterocycles. The van der Waals surface area contributed by atoms with Gasteiger partial charge in [0.25, 0.3) is 0 Å². The van der Waals surface area contributed by atoms with Gasteiger partial charge >= 0.3 is 0 Å². The van der Waals surface area contributed by atoms with Crippen LogP contribution in [-0.2, 0) is 9.53 Å². The van der Waals surface area contributed by atoms with E-state index in [9.17, 15) is 4.79 Å². The quantitative estimate of drug-likeness (QED) is 0.615. The number of carbonyl (C=O) groups is 1. The molecule has 0 spiro atoms. The summed E-state index contributed by atoms with van der Waals surface area (Å²) < 4.78 is 5.56. The summed E-state index contributed by atoms with van der Waals surface area (Å²) in [5.41, 5.74) is 2.35. The molecule has 5 nitrogen and oxygen atoms in total. The van der Waals surface area contributed by atoms with E-state index in [0.29, 0.717) is 25.5 Å². The van der Waals surface area contributed by atoms with Gasteiger partial charge < -0.3 is 15.0 Å². The number of nitrogens with zero attached hydrogens (tertiary/aromatic N) is 2. The Labute approximate surface area is 207 Å². The van der Waals surface area contributed by atoms with Gasteiger partial charge in [-0.2, -0.15) is 0 Å². The summed E-state index contributed by atoms with van der Waals surface area (Å²) in [6.45, 7) is 4.81. The molecule has 0 saturated carbocycles. The molecule has 178 valence electrons. The number of piperazine rings is 1. The Morgan fingerprint density at radius 2 is 1.58 bits per heavy atom. The highest BCUT2D eigenvalue weighted by Gasteiger charge is 2.35. The van der Waals surface area contributed by atoms with E-state index in [-0.39, 0.29) is 18.0 Å². The van der Waals surface area contributed by atoms with Gasteiger partial charge in [0.2, 0.25) is 5.91 Å². The Morgan fingerprint density at radius 1 is 1.00 bits per heavy atom. The highest BCUT2D eigenvalue weighted by Crippen LogP contribution is 2.32. The monoisotopic (exact) mass is 489 g/mol. The minimum Gasteiger partial charge on any atom is -0.382 e. The number of hydrogen-bond acceptors (Lipinski definition) is 4. The highest BCUT2D eigenvalue weighted by molar-refractivity contribution is 6.30. The van der Waals surface area contributed by atoms with E-state index < -0.39 is 0 Å². The van der Waals surface area contributed by atoms with Gasteiger partial charge in [-0.25, -0.2) is 0 Å². The first-order valence-electron chi connectivity index (χ1n) is 11.8. The lowest BCUT2D eigenvalue weighted by Gasteiger charge is -2.45. The number of carbonyl (C=O) groups excluding carboxylic acids is 1. The third-order valence-electron chi connectivity index (χ3n) is 6.85. The highest BCUT2D eigenvalue weighted by atomic mass is 35.5. The van der Waals surface area contributed by atoms with Crippen molar-refractivity contribution < 1.29 is 9.53 Å². The normalized spacial score (nSPS) is 20.4. The molecule has 1 N–H and O–H groups in total. The van der Waals surface area contributed by atoms with Crippen LogP contribution in [0.5, 0.6) is 0 Å². The van der Waals surface area contributed by atoms with Crippen LogP contribution in [0.1, 0.15) is 36.4 Å². The Kier molecular flexibility index (Phi) is 8.67. The molecule has 0 aliphatic carbocycles. The van der Waals surface area contributed by atoms with Crippen molar-refractivity contribution in [3.8, 4) is 0 Å². The number of amides is 1. The second-order valence-corrected chi connectivity index (χ2v) is 9.97. The third kappa shape index (κ3) is 6.28. The predicted molar refractivity (Wildman–Crippen MR) is 134 cm³/mol. The molecule has 2 saturated heterocycles. The minimum atomic E-state index is 0.0278. The first-order valence-corrected chi connectivity index (χ1v) is 12.5. The molecule has 1 atom stereocenters. The van der Waals surface area contributed by atoms with Gasteiger partial charge in [0.1, 0.15) is 0 Å². The number of rotatable bonds is 7. The van der Waals surface area contributed by atoms with Crippen LogP contribution in [0.3, 0.4) is 0 Å². The average Bonchev–Trinajstić information content (AvgIpc) is 2.83. The van der Waals surface area contributed by atoms with E-state index in [2.05, 4.69) is 39.4 Å². The smallest absolute Gasteiger partial charge is 0.223 e. The Bertz CT molecular complexity index is 855. The molecule has 2 fully saturated rings. The van der Waals surface area contributed by atoms with Gasteiger partial charge in [-0.3, -0.25) is 9.69 Å². The maximum Gasteiger partial charge on any atom is 0.223 e. The average molecular weight is 490 g/mol. The van der Waals surface area contributed by atoms with Crippen molar-refractivity contribution in [1.29, 1.82) is 0 Å². The van der Waals surface area contributed by atoms with Gasteiger partial charge in [0.15, 0.2) is 0 Å². The molecule has 4 rings (SSSR count). The summed E-state index contributed by atoms with van der Waals surface area (Å²) in [4.78, 5) is 17.8. The van der Waals surface area contributed by atoms with Crippen LogP contribution in [-0.4, -0.2) is 68.2 Å². The van der Waals surface area contributed by atoms with Crippen molar-refractivity contribution in [3.63, 3.8) is 0 Å². The number of benzene rings is 2. The molecule has 2 aliphatic rings. The molecular weight excluding hydrogens is 457 g/mol. The summed E-state index contributed by atoms with van der Waals surface area (Å²) in [5, 5.41) is 4.83. The fourth-order valence-corrected chi connectivity index (χ4v) is 5.38. The lowest BCUT2D eigenvalue weighted by atomic mass is 9.93. The van der Waals surface area contributed by atoms with Crippen LogP contribution in [0.2, 0.25) is 10.0 Å². The minimum absolute atomic E-state index is 0.0278. The summed E-state index contributed by atoms with van der Waals surface area (Å²) in [7, 11) is 1.71. The standard InChI is InChI=1S/C26H33Cl2N3O2/c1-33-18-24-17-30(14-15-31(24)25(32)16-19-10-12-29-13-11-19)26(20-2-6-22(27)7-3-20)21-4-8-23(28)9-5-21/h2-9,19,24,26,29H,10-18H2,1H3/t24-/m1/s1. The molecule has 0 radical (unpaired) electrons. The zero-order valence-electron chi connectivity index (χ0n) is 19.2. The van der Waals surface area contributed by atoms with Crippen LogP contribution >= 0.6 is 23.2 Å². The SMILES string of the molecule is COC[C@H]1CN(C(c2ccc(Cl)cc2)c2ccc(Cl)cc2)CCN1C(=O)CC1CCNCC1. The zero-order chi connectivity index (χ0) is 23.2. The van der Waals surface area contributed by atoms with Gasteiger partial charge in [-0.05, 0) is 67.2 Å². The van der Waals surface area contributed by atoms with Crippen molar-refractivity contribution in [2.75, 3.05) is 46.4 Å². The molecule has 1 amide bonds. The van der Waals surface area contributed by atoms with Crippen molar-refractivity contribution in [2.24, 2.45) is 5.92 Å². The third-order valence-corrected chi connectivity index (χ3v) is 7.36. The molecule has 2 aromatic carbocycles. The topological polar surface area (TPSA) is 44.8 Å². The summed E-state index contributed by atoms with van der Waals surface area (Å²) in [6, 6.07) is 16.2. The predicted octanol–water partition coefficient (Wildman–Crippen LogP) is 4.63. The zero-order valence-corrected chi connectivity index (χ0v) is 20.7. The Balaban J connectivity index is 1.54. The number of nitrogens with one attached hydrogen (secondary N) is 1. The van der Waals surface area contributed by atoms with Crippen molar-refractivity contribution in [1.82, 2.24) is 15.1 Å². The van der Waals surface area contributed by atoms with Crippen molar-refractivity contribution >= 4 is 29.1 Å². The lowest BCUT2D eigenvalue weighted by Crippen LogP contribution is -2.57. The van der Waals surface area contributed by atoms with Crippen LogP contribution in [0, 0.1) is 5.92 Å². The van der Waals surface area contributed by atoms with Crippen molar-refractivity contribution in [2.45, 2.75) is 31.3 Å². The Hall–Kier alpha value is -1.63. The molecular formula is C26H33Cl2N3O2. The summed E-state index contributed by atoms with van der Waals surface area (Å²) in [6.07, 6.45) is 2.80. The fourth-order valence-electron chi connectivity index (χ4n) is 5.13. The van der Waals surface area contributed by atoms with Crippen LogP contribution < -0.4 is 5.32 Å². The molecule has 2 aliphatic heterocycles. The van der Waals surface area contributed by atoms with Crippen LogP contribution in [0.25, 0.3) is 0 Å². The fraction of sp³-hybridized carbons (Fsp3) is 0.500. The maximum absolute atomic E-state index is 13.2. The lowest BCUT2D eigenvalue weighted by molar-refractivity contribution is -0.139. The number of hydrogen-bond donors (Lipinski definition) is 1. The van der Waals surface area contributed by atoms with E-state index in [4.69, 9.17) is 27.9 Å². The number of methoxy groups -OCH3 is 1. The molecule has 7 heteroatoms. The van der Waals surface area contributed by atoms with E-state index >= 15 is 0 Å². The molecule has 33 heavy (non-hydrogen) atoms. The van der Waals surface area contributed by atoms with E-state index in [1.807, 2.05) is 24.3 Å². The maximum atomic E-state index is 13.2. The van der Waals surface area contributed by atoms with Gasteiger partial charge in [-0.15, -0.1) is 0 Å². The molecule has 0 unspecified atom stereocenters. The summed E-state index contributed by atoms with van der Waals surface area (Å²) >= 11 is 12.3. The van der Waals surface area contributed by atoms with Crippen LogP contribution in [0.4, 0.5) is 0 Å². The summed E-state index contributed by atoms with van der Waals surface area (Å²) in [5.74, 6) is 0.744. The number of ether oxygens (including phenoxy) is 1.